The van der Waals surface area contributed by atoms with E-state index in [-0.39, 0.29) is 23.7 Å². The van der Waals surface area contributed by atoms with Crippen LogP contribution in [0.4, 0.5) is 0 Å². The molecule has 6 rings (SSSR count). The van der Waals surface area contributed by atoms with Crippen molar-refractivity contribution in [3.05, 3.63) is 58.3 Å². The van der Waals surface area contributed by atoms with E-state index in [4.69, 9.17) is 24.0 Å². The van der Waals surface area contributed by atoms with Gasteiger partial charge in [0.05, 0.1) is 17.5 Å². The average molecular weight is 642 g/mol. The third-order valence-electron chi connectivity index (χ3n) is 9.05. The highest BCUT2D eigenvalue weighted by molar-refractivity contribution is 5.91. The zero-order chi connectivity index (χ0) is 32.7. The number of carbonyl (C=O) groups is 1. The summed E-state index contributed by atoms with van der Waals surface area (Å²) in [6, 6.07) is 5.08. The highest BCUT2D eigenvalue weighted by Crippen LogP contribution is 2.45. The van der Waals surface area contributed by atoms with Crippen molar-refractivity contribution in [2.24, 2.45) is 5.92 Å². The second-order valence-corrected chi connectivity index (χ2v) is 12.5. The second kappa shape index (κ2) is 12.8. The molecule has 7 atom stereocenters. The Balaban J connectivity index is 1.35. The van der Waals surface area contributed by atoms with Crippen molar-refractivity contribution in [3.63, 3.8) is 0 Å². The van der Waals surface area contributed by atoms with Gasteiger partial charge in [-0.3, -0.25) is 9.59 Å². The summed E-state index contributed by atoms with van der Waals surface area (Å²) < 4.78 is 14.9. The fourth-order valence-electron chi connectivity index (χ4n) is 6.28. The zero-order valence-electron chi connectivity index (χ0n) is 25.5. The molecule has 248 valence electrons. The van der Waals surface area contributed by atoms with E-state index >= 15 is 0 Å². The lowest BCUT2D eigenvalue weighted by Gasteiger charge is -2.42. The highest BCUT2D eigenvalue weighted by atomic mass is 17.2. The predicted octanol–water partition coefficient (Wildman–Crippen LogP) is 0.736. The summed E-state index contributed by atoms with van der Waals surface area (Å²) in [6.45, 7) is 2.74. The van der Waals surface area contributed by atoms with Crippen molar-refractivity contribution in [2.75, 3.05) is 19.8 Å². The average Bonchev–Trinajstić information content (AvgIpc) is 3.75. The third kappa shape index (κ3) is 6.17. The number of aromatic nitrogens is 2. The lowest BCUT2D eigenvalue weighted by molar-refractivity contribution is -0.360. The standard InChI is InChI=1S/C32H39N3O11/c1-16-7-22(37)20-9-19-10-25(46-43-15-24(39)29(42)28(41)23(38)14-36)32(2,5-3-17-8-26(40)34-11-17)45-30(19)27(31(20)44-16)35-12-18-4-6-33-21(18)13-35/h4,6-7,9,12-13,17,23-25,28-29,33,36,38-39,41-42H,3,5,8,10-11,14-15H2,1-2H3,(H,34,40)/t17-,23+,24-,25+,28+,29+,32+/m0/s1. The second-order valence-electron chi connectivity index (χ2n) is 12.5. The number of nitrogens with one attached hydrogen (secondary N) is 2. The number of aryl methyl sites for hydroxylation is 1. The van der Waals surface area contributed by atoms with Gasteiger partial charge >= 0.3 is 0 Å². The largest absolute Gasteiger partial charge is 0.482 e. The van der Waals surface area contributed by atoms with Crippen LogP contribution in [0, 0.1) is 12.8 Å². The number of ether oxygens (including phenoxy) is 1. The Morgan fingerprint density at radius 1 is 1.11 bits per heavy atom. The van der Waals surface area contributed by atoms with Gasteiger partial charge in [0.15, 0.2) is 16.8 Å². The Kier molecular flexibility index (Phi) is 8.95. The van der Waals surface area contributed by atoms with E-state index < -0.39 is 49.3 Å². The lowest BCUT2D eigenvalue weighted by Crippen LogP contribution is -2.51. The van der Waals surface area contributed by atoms with Gasteiger partial charge in [-0.25, -0.2) is 9.78 Å². The Morgan fingerprint density at radius 2 is 1.89 bits per heavy atom. The number of nitrogens with zero attached hydrogens (tertiary/aromatic N) is 1. The van der Waals surface area contributed by atoms with Crippen LogP contribution in [0.1, 0.15) is 37.5 Å². The van der Waals surface area contributed by atoms with E-state index in [9.17, 15) is 30.0 Å². The summed E-state index contributed by atoms with van der Waals surface area (Å²) in [6.07, 6.45) is -0.375. The Labute approximate surface area is 263 Å². The number of rotatable bonds is 12. The van der Waals surface area contributed by atoms with Gasteiger partial charge in [0, 0.05) is 55.0 Å². The first-order valence-electron chi connectivity index (χ1n) is 15.3. The monoisotopic (exact) mass is 641 g/mol. The van der Waals surface area contributed by atoms with E-state index in [0.717, 1.165) is 10.9 Å². The smallest absolute Gasteiger partial charge is 0.220 e. The first-order chi connectivity index (χ1) is 22.0. The van der Waals surface area contributed by atoms with Gasteiger partial charge in [-0.05, 0) is 44.7 Å². The molecule has 0 aliphatic carbocycles. The molecule has 0 radical (unpaired) electrons. The van der Waals surface area contributed by atoms with E-state index in [2.05, 4.69) is 10.3 Å². The van der Waals surface area contributed by atoms with Crippen LogP contribution in [0.15, 0.2) is 46.0 Å². The number of hydrogen-bond donors (Lipinski definition) is 7. The maximum Gasteiger partial charge on any atom is 0.220 e. The molecule has 1 aromatic carbocycles. The molecule has 14 nitrogen and oxygen atoms in total. The predicted molar refractivity (Wildman–Crippen MR) is 163 cm³/mol. The summed E-state index contributed by atoms with van der Waals surface area (Å²) in [4.78, 5) is 39.5. The number of aromatic amines is 1. The molecule has 7 N–H and O–H groups in total. The number of carbonyl (C=O) groups excluding carboxylic acids is 1. The third-order valence-corrected chi connectivity index (χ3v) is 9.05. The molecular weight excluding hydrogens is 602 g/mol. The number of fused-ring (bicyclic) bond motifs is 3. The fraction of sp³-hybridized carbons (Fsp3) is 0.500. The Morgan fingerprint density at radius 3 is 2.61 bits per heavy atom. The molecule has 2 aliphatic rings. The quantitative estimate of drug-likeness (QED) is 0.0847. The Bertz CT molecular complexity index is 1750. The van der Waals surface area contributed by atoms with Gasteiger partial charge < -0.3 is 49.6 Å². The normalized spacial score (nSPS) is 24.0. The molecule has 3 aromatic heterocycles. The molecule has 0 spiro atoms. The van der Waals surface area contributed by atoms with Gasteiger partial charge in [0.1, 0.15) is 54.2 Å². The van der Waals surface area contributed by atoms with Gasteiger partial charge in [0.25, 0.3) is 0 Å². The van der Waals surface area contributed by atoms with Crippen molar-refractivity contribution in [1.82, 2.24) is 14.9 Å². The first kappa shape index (κ1) is 32.2. The van der Waals surface area contributed by atoms with E-state index in [1.807, 2.05) is 36.1 Å². The molecule has 14 heteroatoms. The topological polar surface area (TPSA) is 209 Å². The summed E-state index contributed by atoms with van der Waals surface area (Å²) in [5.41, 5.74) is 1.20. The van der Waals surface area contributed by atoms with E-state index in [0.29, 0.717) is 59.5 Å². The first-order valence-corrected chi connectivity index (χ1v) is 15.3. The van der Waals surface area contributed by atoms with Gasteiger partial charge in [-0.15, -0.1) is 0 Å². The van der Waals surface area contributed by atoms with Crippen molar-refractivity contribution >= 4 is 27.8 Å². The van der Waals surface area contributed by atoms with Crippen LogP contribution in [0.5, 0.6) is 5.75 Å². The number of amides is 1. The summed E-state index contributed by atoms with van der Waals surface area (Å²) in [5, 5.41) is 53.4. The molecule has 0 unspecified atom stereocenters. The molecule has 1 amide bonds. The van der Waals surface area contributed by atoms with E-state index in [1.165, 1.54) is 6.07 Å². The number of aliphatic hydroxyl groups is 5. The van der Waals surface area contributed by atoms with Gasteiger partial charge in [0.2, 0.25) is 5.91 Å². The highest BCUT2D eigenvalue weighted by Gasteiger charge is 2.45. The molecule has 2 aliphatic heterocycles. The molecular formula is C32H39N3O11. The maximum atomic E-state index is 13.2. The number of H-pyrrole nitrogens is 1. The minimum Gasteiger partial charge on any atom is -0.482 e. The van der Waals surface area contributed by atoms with Crippen LogP contribution >= 0.6 is 0 Å². The van der Waals surface area contributed by atoms with Crippen LogP contribution in [0.2, 0.25) is 0 Å². The van der Waals surface area contributed by atoms with Crippen LogP contribution in [-0.2, 0) is 21.0 Å². The number of hydrogen-bond acceptors (Lipinski definition) is 11. The fourth-order valence-corrected chi connectivity index (χ4v) is 6.28. The molecule has 0 saturated carbocycles. The summed E-state index contributed by atoms with van der Waals surface area (Å²) in [5.74, 6) is 1.03. The SMILES string of the molecule is Cc1cc(=O)c2cc3c(c(-n4cc5cc[nH]c5c4)c2o1)O[C@](C)(CC[C@@H]1CNC(=O)C1)[C@H](OOC[C@H](O)[C@@H](O)[C@H](O)[C@H](O)CO)C3. The van der Waals surface area contributed by atoms with Gasteiger partial charge in [-0.2, -0.15) is 0 Å². The van der Waals surface area contributed by atoms with Crippen LogP contribution in [0.25, 0.3) is 27.6 Å². The Hall–Kier alpha value is -3.76. The van der Waals surface area contributed by atoms with Crippen LogP contribution in [0.3, 0.4) is 0 Å². The summed E-state index contributed by atoms with van der Waals surface area (Å²) >= 11 is 0. The molecule has 1 fully saturated rings. The molecule has 0 bridgehead atoms. The van der Waals surface area contributed by atoms with Crippen molar-refractivity contribution in [1.29, 1.82) is 0 Å². The zero-order valence-corrected chi connectivity index (χ0v) is 25.5. The minimum atomic E-state index is -1.82. The van der Waals surface area contributed by atoms with Crippen molar-refractivity contribution < 1.29 is 49.3 Å². The molecule has 4 aromatic rings. The van der Waals surface area contributed by atoms with Crippen molar-refractivity contribution in [2.45, 2.75) is 75.7 Å². The molecule has 46 heavy (non-hydrogen) atoms. The van der Waals surface area contributed by atoms with Gasteiger partial charge in [-0.1, -0.05) is 0 Å². The van der Waals surface area contributed by atoms with E-state index in [1.54, 1.807) is 13.0 Å². The van der Waals surface area contributed by atoms with Crippen molar-refractivity contribution in [3.8, 4) is 11.4 Å². The lowest BCUT2D eigenvalue weighted by atomic mass is 9.83. The minimum absolute atomic E-state index is 0.00952. The van der Waals surface area contributed by atoms with Crippen LogP contribution in [-0.4, -0.2) is 96.9 Å². The maximum absolute atomic E-state index is 13.2. The number of aliphatic hydroxyl groups excluding tert-OH is 5. The molecule has 1 saturated heterocycles. The number of benzene rings is 1. The molecule has 5 heterocycles. The summed E-state index contributed by atoms with van der Waals surface area (Å²) in [7, 11) is 0. The van der Waals surface area contributed by atoms with Crippen LogP contribution < -0.4 is 15.5 Å².